The first-order valence-corrected chi connectivity index (χ1v) is 7.62. The van der Waals surface area contributed by atoms with Crippen molar-refractivity contribution in [1.82, 2.24) is 4.72 Å². The number of hydrogen-bond donors (Lipinski definition) is 2. The number of nitro benzene ring substituents is 1. The van der Waals surface area contributed by atoms with Gasteiger partial charge in [0.05, 0.1) is 22.3 Å². The third-order valence-electron chi connectivity index (χ3n) is 3.00. The number of rotatable bonds is 6. The lowest BCUT2D eigenvalue weighted by Crippen LogP contribution is -2.51. The number of nitro groups is 1. The fourth-order valence-electron chi connectivity index (χ4n) is 1.54. The molecule has 0 heterocycles. The highest BCUT2D eigenvalue weighted by Crippen LogP contribution is 2.21. The van der Waals surface area contributed by atoms with Crippen LogP contribution in [-0.2, 0) is 15.8 Å². The summed E-state index contributed by atoms with van der Waals surface area (Å²) in [4.78, 5) is 10.2. The smallest absolute Gasteiger partial charge is 0.273 e. The van der Waals surface area contributed by atoms with Crippen molar-refractivity contribution >= 4 is 15.7 Å². The Balaban J connectivity index is 3.01. The zero-order valence-electron chi connectivity index (χ0n) is 11.5. The molecule has 0 radical (unpaired) electrons. The van der Waals surface area contributed by atoms with Crippen molar-refractivity contribution in [3.8, 4) is 0 Å². The summed E-state index contributed by atoms with van der Waals surface area (Å²) < 4.78 is 26.4. The standard InChI is InChI=1S/C12H18N2O5S/c1-9(15)12(2,3)13-20(18,19)8-10-6-4-5-7-11(10)14(16)17/h4-7,9,13,15H,8H2,1-3H3. The fraction of sp³-hybridized carbons (Fsp3) is 0.500. The molecule has 0 amide bonds. The molecule has 1 atom stereocenters. The van der Waals surface area contributed by atoms with Crippen molar-refractivity contribution in [2.24, 2.45) is 0 Å². The van der Waals surface area contributed by atoms with E-state index in [1.165, 1.54) is 45.0 Å². The molecule has 0 aliphatic rings. The molecule has 1 aromatic rings. The minimum absolute atomic E-state index is 0.103. The molecule has 0 aliphatic carbocycles. The first kappa shape index (κ1) is 16.5. The first-order valence-electron chi connectivity index (χ1n) is 5.97. The average molecular weight is 302 g/mol. The van der Waals surface area contributed by atoms with E-state index in [4.69, 9.17) is 0 Å². The summed E-state index contributed by atoms with van der Waals surface area (Å²) in [6.07, 6.45) is -0.900. The highest BCUT2D eigenvalue weighted by Gasteiger charge is 2.30. The number of nitrogens with zero attached hydrogens (tertiary/aromatic N) is 1. The lowest BCUT2D eigenvalue weighted by atomic mass is 10.0. The second kappa shape index (κ2) is 5.86. The first-order chi connectivity index (χ1) is 9.05. The maximum Gasteiger partial charge on any atom is 0.273 e. The maximum atomic E-state index is 12.1. The van der Waals surface area contributed by atoms with E-state index < -0.39 is 32.3 Å². The summed E-state index contributed by atoms with van der Waals surface area (Å²) in [6.45, 7) is 4.54. The number of nitrogens with one attached hydrogen (secondary N) is 1. The molecule has 0 spiro atoms. The van der Waals surface area contributed by atoms with Crippen LogP contribution in [0.2, 0.25) is 0 Å². The zero-order valence-corrected chi connectivity index (χ0v) is 12.3. The number of aliphatic hydroxyl groups excluding tert-OH is 1. The molecular formula is C12H18N2O5S. The van der Waals surface area contributed by atoms with Gasteiger partial charge in [-0.1, -0.05) is 18.2 Å². The van der Waals surface area contributed by atoms with Gasteiger partial charge in [-0.25, -0.2) is 13.1 Å². The minimum atomic E-state index is -3.81. The Morgan fingerprint density at radius 2 is 1.95 bits per heavy atom. The molecule has 1 rings (SSSR count). The molecule has 7 nitrogen and oxygen atoms in total. The lowest BCUT2D eigenvalue weighted by molar-refractivity contribution is -0.385. The van der Waals surface area contributed by atoms with E-state index >= 15 is 0 Å². The highest BCUT2D eigenvalue weighted by molar-refractivity contribution is 7.88. The Kier molecular flexibility index (Phi) is 4.85. The van der Waals surface area contributed by atoms with Crippen LogP contribution in [0, 0.1) is 10.1 Å². The quantitative estimate of drug-likeness (QED) is 0.605. The van der Waals surface area contributed by atoms with Crippen molar-refractivity contribution in [3.05, 3.63) is 39.9 Å². The molecule has 0 aliphatic heterocycles. The normalized spacial score (nSPS) is 14.0. The number of aliphatic hydroxyl groups is 1. The third-order valence-corrected chi connectivity index (χ3v) is 4.52. The van der Waals surface area contributed by atoms with Gasteiger partial charge in [0, 0.05) is 11.6 Å². The van der Waals surface area contributed by atoms with Crippen LogP contribution in [0.4, 0.5) is 5.69 Å². The largest absolute Gasteiger partial charge is 0.391 e. The average Bonchev–Trinajstić information content (AvgIpc) is 2.26. The topological polar surface area (TPSA) is 110 Å². The van der Waals surface area contributed by atoms with Crippen LogP contribution < -0.4 is 4.72 Å². The minimum Gasteiger partial charge on any atom is -0.391 e. The van der Waals surface area contributed by atoms with Crippen molar-refractivity contribution < 1.29 is 18.4 Å². The van der Waals surface area contributed by atoms with Crippen molar-refractivity contribution in [2.75, 3.05) is 0 Å². The van der Waals surface area contributed by atoms with Crippen LogP contribution in [0.15, 0.2) is 24.3 Å². The predicted molar refractivity (Wildman–Crippen MR) is 74.6 cm³/mol. The molecule has 0 bridgehead atoms. The van der Waals surface area contributed by atoms with Gasteiger partial charge >= 0.3 is 0 Å². The van der Waals surface area contributed by atoms with Crippen molar-refractivity contribution in [3.63, 3.8) is 0 Å². The summed E-state index contributed by atoms with van der Waals surface area (Å²) in [6, 6.07) is 5.66. The molecule has 1 aromatic carbocycles. The Bertz CT molecular complexity index is 596. The summed E-state index contributed by atoms with van der Waals surface area (Å²) in [5, 5.41) is 20.4. The van der Waals surface area contributed by atoms with E-state index in [0.29, 0.717) is 0 Å². The zero-order chi connectivity index (χ0) is 15.6. The lowest BCUT2D eigenvalue weighted by Gasteiger charge is -2.28. The van der Waals surface area contributed by atoms with E-state index in [1.54, 1.807) is 0 Å². The van der Waals surface area contributed by atoms with Crippen LogP contribution in [0.1, 0.15) is 26.3 Å². The summed E-state index contributed by atoms with van der Waals surface area (Å²) in [5.41, 5.74) is -1.19. The third kappa shape index (κ3) is 4.26. The molecule has 0 fully saturated rings. The molecule has 0 saturated carbocycles. The van der Waals surface area contributed by atoms with Crippen LogP contribution in [0.3, 0.4) is 0 Å². The molecule has 0 saturated heterocycles. The molecule has 112 valence electrons. The summed E-state index contributed by atoms with van der Waals surface area (Å²) in [7, 11) is -3.81. The molecule has 8 heteroatoms. The van der Waals surface area contributed by atoms with Crippen LogP contribution in [0.5, 0.6) is 0 Å². The van der Waals surface area contributed by atoms with Gasteiger partial charge in [-0.2, -0.15) is 0 Å². The maximum absolute atomic E-state index is 12.1. The van der Waals surface area contributed by atoms with Gasteiger partial charge in [-0.15, -0.1) is 0 Å². The van der Waals surface area contributed by atoms with E-state index in [9.17, 15) is 23.6 Å². The monoisotopic (exact) mass is 302 g/mol. The molecule has 1 unspecified atom stereocenters. The molecule has 2 N–H and O–H groups in total. The Morgan fingerprint density at radius 1 is 1.40 bits per heavy atom. The van der Waals surface area contributed by atoms with Crippen molar-refractivity contribution in [1.29, 1.82) is 0 Å². The van der Waals surface area contributed by atoms with E-state index in [1.807, 2.05) is 0 Å². The summed E-state index contributed by atoms with van der Waals surface area (Å²) in [5.74, 6) is -0.514. The second-order valence-corrected chi connectivity index (χ2v) is 6.87. The second-order valence-electron chi connectivity index (χ2n) is 5.14. The van der Waals surface area contributed by atoms with Gasteiger partial charge in [0.25, 0.3) is 5.69 Å². The van der Waals surface area contributed by atoms with Gasteiger partial charge in [0.1, 0.15) is 0 Å². The molecule has 0 aromatic heterocycles. The number of benzene rings is 1. The van der Waals surface area contributed by atoms with Gasteiger partial charge < -0.3 is 5.11 Å². The van der Waals surface area contributed by atoms with E-state index in [0.717, 1.165) is 0 Å². The summed E-state index contributed by atoms with van der Waals surface area (Å²) >= 11 is 0. The SMILES string of the molecule is CC(O)C(C)(C)NS(=O)(=O)Cc1ccccc1[N+](=O)[O-]. The van der Waals surface area contributed by atoms with Gasteiger partial charge in [-0.05, 0) is 20.8 Å². The number of hydrogen-bond acceptors (Lipinski definition) is 5. The van der Waals surface area contributed by atoms with Crippen LogP contribution in [-0.4, -0.2) is 30.1 Å². The highest BCUT2D eigenvalue weighted by atomic mass is 32.2. The fourth-order valence-corrected chi connectivity index (χ4v) is 3.24. The van der Waals surface area contributed by atoms with Gasteiger partial charge in [-0.3, -0.25) is 10.1 Å². The number of para-hydroxylation sites is 1. The Hall–Kier alpha value is -1.51. The number of sulfonamides is 1. The Morgan fingerprint density at radius 3 is 2.45 bits per heavy atom. The molecule has 20 heavy (non-hydrogen) atoms. The Labute approximate surface area is 117 Å². The van der Waals surface area contributed by atoms with Crippen molar-refractivity contribution in [2.45, 2.75) is 38.2 Å². The van der Waals surface area contributed by atoms with Gasteiger partial charge in [0.2, 0.25) is 10.0 Å². The van der Waals surface area contributed by atoms with E-state index in [2.05, 4.69) is 4.72 Å². The van der Waals surface area contributed by atoms with Crippen LogP contribution >= 0.6 is 0 Å². The van der Waals surface area contributed by atoms with Gasteiger partial charge in [0.15, 0.2) is 0 Å². The van der Waals surface area contributed by atoms with E-state index in [-0.39, 0.29) is 11.3 Å². The van der Waals surface area contributed by atoms with Crippen LogP contribution in [0.25, 0.3) is 0 Å². The molecular weight excluding hydrogens is 284 g/mol. The predicted octanol–water partition coefficient (Wildman–Crippen LogP) is 1.17.